The maximum atomic E-state index is 12.0. The minimum Gasteiger partial charge on any atom is -0.460 e. The van der Waals surface area contributed by atoms with Crippen LogP contribution in [0.2, 0.25) is 0 Å². The van der Waals surface area contributed by atoms with Crippen molar-refractivity contribution in [2.75, 3.05) is 0 Å². The molecule has 2 rings (SSSR count). The average Bonchev–Trinajstić information content (AvgIpc) is 2.86. The van der Waals surface area contributed by atoms with E-state index in [2.05, 4.69) is 10.2 Å². The molecule has 0 bridgehead atoms. The Balaban J connectivity index is 2.01. The van der Waals surface area contributed by atoms with Crippen LogP contribution >= 0.6 is 11.3 Å². The van der Waals surface area contributed by atoms with Crippen molar-refractivity contribution in [3.8, 4) is 10.6 Å². The molecule has 0 aliphatic carbocycles. The average molecular weight is 304 g/mol. The van der Waals surface area contributed by atoms with Crippen LogP contribution in [-0.4, -0.2) is 21.8 Å². The second kappa shape index (κ2) is 6.35. The number of carbonyl (C=O) groups is 1. The van der Waals surface area contributed by atoms with Gasteiger partial charge in [-0.25, -0.2) is 0 Å². The second-order valence-electron chi connectivity index (χ2n) is 6.01. The number of carbonyl (C=O) groups excluding carboxylic acids is 1. The summed E-state index contributed by atoms with van der Waals surface area (Å²) in [6, 6.07) is 9.92. The van der Waals surface area contributed by atoms with Gasteiger partial charge in [0.05, 0.1) is 5.92 Å². The van der Waals surface area contributed by atoms with E-state index >= 15 is 0 Å². The summed E-state index contributed by atoms with van der Waals surface area (Å²) < 4.78 is 5.38. The minimum atomic E-state index is -0.457. The van der Waals surface area contributed by atoms with Crippen molar-refractivity contribution < 1.29 is 9.53 Å². The Bertz CT molecular complexity index is 602. The molecule has 0 radical (unpaired) electrons. The summed E-state index contributed by atoms with van der Waals surface area (Å²) in [6.07, 6.45) is 0.555. The zero-order valence-corrected chi connectivity index (χ0v) is 13.6. The van der Waals surface area contributed by atoms with Gasteiger partial charge in [0.15, 0.2) is 0 Å². The maximum absolute atomic E-state index is 12.0. The number of hydrogen-bond acceptors (Lipinski definition) is 5. The van der Waals surface area contributed by atoms with Crippen LogP contribution in [0.15, 0.2) is 30.3 Å². The van der Waals surface area contributed by atoms with E-state index in [1.54, 1.807) is 0 Å². The SMILES string of the molecule is C[C@@H](Cc1nnc(-c2ccccc2)s1)C(=O)OC(C)(C)C. The minimum absolute atomic E-state index is 0.195. The smallest absolute Gasteiger partial charge is 0.309 e. The van der Waals surface area contributed by atoms with Crippen LogP contribution in [0.25, 0.3) is 10.6 Å². The third kappa shape index (κ3) is 4.63. The quantitative estimate of drug-likeness (QED) is 0.808. The molecule has 0 fully saturated rings. The van der Waals surface area contributed by atoms with Gasteiger partial charge in [0.1, 0.15) is 15.6 Å². The number of benzene rings is 1. The van der Waals surface area contributed by atoms with Crippen molar-refractivity contribution in [1.29, 1.82) is 0 Å². The highest BCUT2D eigenvalue weighted by Gasteiger charge is 2.23. The summed E-state index contributed by atoms with van der Waals surface area (Å²) in [5, 5.41) is 10.1. The largest absolute Gasteiger partial charge is 0.460 e. The zero-order valence-electron chi connectivity index (χ0n) is 12.8. The Hall–Kier alpha value is -1.75. The lowest BCUT2D eigenvalue weighted by Crippen LogP contribution is -2.28. The Morgan fingerprint density at radius 2 is 1.90 bits per heavy atom. The number of ether oxygens (including phenoxy) is 1. The van der Waals surface area contributed by atoms with Crippen molar-refractivity contribution in [3.05, 3.63) is 35.3 Å². The lowest BCUT2D eigenvalue weighted by molar-refractivity contribution is -0.159. The predicted molar refractivity (Wildman–Crippen MR) is 84.1 cm³/mol. The Labute approximate surface area is 129 Å². The predicted octanol–water partition coefficient (Wildman–Crippen LogP) is 3.73. The summed E-state index contributed by atoms with van der Waals surface area (Å²) in [6.45, 7) is 7.47. The van der Waals surface area contributed by atoms with E-state index < -0.39 is 5.60 Å². The third-order valence-corrected chi connectivity index (χ3v) is 3.77. The normalized spacial score (nSPS) is 13.0. The molecule has 1 atom stereocenters. The van der Waals surface area contributed by atoms with Crippen molar-refractivity contribution in [2.24, 2.45) is 5.92 Å². The summed E-state index contributed by atoms with van der Waals surface area (Å²) in [4.78, 5) is 12.0. The fourth-order valence-electron chi connectivity index (χ4n) is 1.78. The monoisotopic (exact) mass is 304 g/mol. The van der Waals surface area contributed by atoms with Gasteiger partial charge < -0.3 is 4.74 Å². The van der Waals surface area contributed by atoms with E-state index in [4.69, 9.17) is 4.74 Å². The van der Waals surface area contributed by atoms with E-state index in [0.29, 0.717) is 6.42 Å². The van der Waals surface area contributed by atoms with Crippen molar-refractivity contribution in [1.82, 2.24) is 10.2 Å². The molecule has 0 amide bonds. The van der Waals surface area contributed by atoms with Crippen LogP contribution in [0.4, 0.5) is 0 Å². The Kier molecular flexibility index (Phi) is 4.73. The molecular formula is C16H20N2O2S. The van der Waals surface area contributed by atoms with Crippen LogP contribution in [0.1, 0.15) is 32.7 Å². The molecule has 0 aliphatic rings. The van der Waals surface area contributed by atoms with Gasteiger partial charge in [-0.05, 0) is 20.8 Å². The highest BCUT2D eigenvalue weighted by Crippen LogP contribution is 2.25. The van der Waals surface area contributed by atoms with Crippen LogP contribution in [0, 0.1) is 5.92 Å². The number of esters is 1. The first-order valence-corrected chi connectivity index (χ1v) is 7.77. The molecule has 1 heterocycles. The highest BCUT2D eigenvalue weighted by molar-refractivity contribution is 7.14. The molecule has 2 aromatic rings. The molecule has 0 saturated carbocycles. The number of aromatic nitrogens is 2. The molecule has 5 heteroatoms. The van der Waals surface area contributed by atoms with Gasteiger partial charge in [0.2, 0.25) is 0 Å². The van der Waals surface area contributed by atoms with Gasteiger partial charge >= 0.3 is 5.97 Å². The van der Waals surface area contributed by atoms with Crippen molar-refractivity contribution >= 4 is 17.3 Å². The highest BCUT2D eigenvalue weighted by atomic mass is 32.1. The third-order valence-electron chi connectivity index (χ3n) is 2.78. The van der Waals surface area contributed by atoms with Gasteiger partial charge in [-0.2, -0.15) is 0 Å². The maximum Gasteiger partial charge on any atom is 0.309 e. The topological polar surface area (TPSA) is 52.1 Å². The van der Waals surface area contributed by atoms with Crippen LogP contribution in [0.3, 0.4) is 0 Å². The lowest BCUT2D eigenvalue weighted by Gasteiger charge is -2.21. The van der Waals surface area contributed by atoms with Crippen LogP contribution in [0.5, 0.6) is 0 Å². The first-order chi connectivity index (χ1) is 9.85. The molecular weight excluding hydrogens is 284 g/mol. The van der Waals surface area contributed by atoms with E-state index in [0.717, 1.165) is 15.6 Å². The molecule has 0 aliphatic heterocycles. The second-order valence-corrected chi connectivity index (χ2v) is 7.07. The number of hydrogen-bond donors (Lipinski definition) is 0. The van der Waals surface area contributed by atoms with E-state index in [1.807, 2.05) is 58.0 Å². The van der Waals surface area contributed by atoms with Crippen LogP contribution in [-0.2, 0) is 16.0 Å². The molecule has 0 N–H and O–H groups in total. The standard InChI is InChI=1S/C16H20N2O2S/c1-11(15(19)20-16(2,3)4)10-13-17-18-14(21-13)12-8-6-5-7-9-12/h5-9,11H,10H2,1-4H3/t11-/m0/s1. The molecule has 1 aromatic carbocycles. The first kappa shape index (κ1) is 15.6. The summed E-state index contributed by atoms with van der Waals surface area (Å²) in [5.74, 6) is -0.417. The fourth-order valence-corrected chi connectivity index (χ4v) is 2.75. The fraction of sp³-hybridized carbons (Fsp3) is 0.438. The summed E-state index contributed by atoms with van der Waals surface area (Å²) in [5.41, 5.74) is 0.591. The number of nitrogens with zero attached hydrogens (tertiary/aromatic N) is 2. The summed E-state index contributed by atoms with van der Waals surface area (Å²) >= 11 is 1.52. The Morgan fingerprint density at radius 3 is 2.52 bits per heavy atom. The van der Waals surface area contributed by atoms with Crippen molar-refractivity contribution in [3.63, 3.8) is 0 Å². The zero-order chi connectivity index (χ0) is 15.5. The Morgan fingerprint density at radius 1 is 1.24 bits per heavy atom. The van der Waals surface area contributed by atoms with Gasteiger partial charge in [0, 0.05) is 12.0 Å². The van der Waals surface area contributed by atoms with Gasteiger partial charge in [-0.15, -0.1) is 10.2 Å². The van der Waals surface area contributed by atoms with Gasteiger partial charge in [-0.3, -0.25) is 4.79 Å². The molecule has 0 unspecified atom stereocenters. The van der Waals surface area contributed by atoms with Crippen LogP contribution < -0.4 is 0 Å². The molecule has 112 valence electrons. The molecule has 0 saturated heterocycles. The summed E-state index contributed by atoms with van der Waals surface area (Å²) in [7, 11) is 0. The molecule has 21 heavy (non-hydrogen) atoms. The molecule has 0 spiro atoms. The lowest BCUT2D eigenvalue weighted by atomic mass is 10.1. The van der Waals surface area contributed by atoms with E-state index in [-0.39, 0.29) is 11.9 Å². The van der Waals surface area contributed by atoms with Crippen molar-refractivity contribution in [2.45, 2.75) is 39.7 Å². The molecule has 1 aromatic heterocycles. The van der Waals surface area contributed by atoms with Gasteiger partial charge in [-0.1, -0.05) is 48.6 Å². The number of rotatable bonds is 4. The van der Waals surface area contributed by atoms with Gasteiger partial charge in [0.25, 0.3) is 0 Å². The molecule has 4 nitrogen and oxygen atoms in total. The van der Waals surface area contributed by atoms with E-state index in [1.165, 1.54) is 11.3 Å². The first-order valence-electron chi connectivity index (χ1n) is 6.96. The van der Waals surface area contributed by atoms with E-state index in [9.17, 15) is 4.79 Å².